The van der Waals surface area contributed by atoms with Crippen molar-refractivity contribution in [3.8, 4) is 45.0 Å². The van der Waals surface area contributed by atoms with Gasteiger partial charge in [0.1, 0.15) is 0 Å². The number of benzene rings is 4. The van der Waals surface area contributed by atoms with Crippen molar-refractivity contribution in [1.82, 2.24) is 9.97 Å². The number of anilines is 2. The molecule has 1 heterocycles. The lowest BCUT2D eigenvalue weighted by Gasteiger charge is -2.17. The van der Waals surface area contributed by atoms with Crippen molar-refractivity contribution in [2.24, 2.45) is 0 Å². The molecule has 4 heteroatoms. The molecule has 5 aromatic rings. The molecular weight excluding hydrogens is 392 g/mol. The first-order valence-electron chi connectivity index (χ1n) is 10.4. The third-order valence-electron chi connectivity index (χ3n) is 5.37. The highest BCUT2D eigenvalue weighted by Crippen LogP contribution is 2.39. The fourth-order valence-electron chi connectivity index (χ4n) is 3.76. The molecule has 4 nitrogen and oxygen atoms in total. The van der Waals surface area contributed by atoms with Crippen LogP contribution in [-0.4, -0.2) is 9.97 Å². The first kappa shape index (κ1) is 19.5. The summed E-state index contributed by atoms with van der Waals surface area (Å²) < 4.78 is 0. The van der Waals surface area contributed by atoms with Gasteiger partial charge < -0.3 is 11.5 Å². The standard InChI is InChI=1S/C28H22N4/c29-23-15-11-19(12-16-23)25-26(20-7-3-1-4-8-20)31-28(22-13-17-24(30)18-14-22)32-27(25)21-9-5-2-6-10-21/h1-18H,29-30H2. The van der Waals surface area contributed by atoms with E-state index in [0.29, 0.717) is 11.5 Å². The van der Waals surface area contributed by atoms with Gasteiger partial charge >= 0.3 is 0 Å². The Hall–Kier alpha value is -4.44. The van der Waals surface area contributed by atoms with Crippen LogP contribution >= 0.6 is 0 Å². The van der Waals surface area contributed by atoms with Crippen LogP contribution in [-0.2, 0) is 0 Å². The lowest BCUT2D eigenvalue weighted by atomic mass is 9.94. The molecule has 1 aromatic heterocycles. The Kier molecular flexibility index (Phi) is 5.10. The predicted octanol–water partition coefficient (Wildman–Crippen LogP) is 6.31. The van der Waals surface area contributed by atoms with E-state index in [9.17, 15) is 0 Å². The summed E-state index contributed by atoms with van der Waals surface area (Å²) >= 11 is 0. The Bertz CT molecular complexity index is 1280. The lowest BCUT2D eigenvalue weighted by Crippen LogP contribution is -2.01. The average molecular weight is 415 g/mol. The van der Waals surface area contributed by atoms with E-state index in [1.807, 2.05) is 84.9 Å². The van der Waals surface area contributed by atoms with Crippen LogP contribution in [0, 0.1) is 0 Å². The van der Waals surface area contributed by atoms with Gasteiger partial charge in [0, 0.05) is 33.6 Å². The molecule has 0 aliphatic rings. The lowest BCUT2D eigenvalue weighted by molar-refractivity contribution is 1.18. The van der Waals surface area contributed by atoms with Gasteiger partial charge in [-0.3, -0.25) is 0 Å². The summed E-state index contributed by atoms with van der Waals surface area (Å²) in [6.45, 7) is 0. The van der Waals surface area contributed by atoms with Gasteiger partial charge in [0.05, 0.1) is 11.4 Å². The molecule has 0 amide bonds. The summed E-state index contributed by atoms with van der Waals surface area (Å²) in [4.78, 5) is 10.1. The quantitative estimate of drug-likeness (QED) is 0.338. The van der Waals surface area contributed by atoms with E-state index in [-0.39, 0.29) is 0 Å². The monoisotopic (exact) mass is 414 g/mol. The molecular formula is C28H22N4. The Labute approximate surface area is 187 Å². The van der Waals surface area contributed by atoms with Crippen LogP contribution in [0.4, 0.5) is 11.4 Å². The van der Waals surface area contributed by atoms with E-state index >= 15 is 0 Å². The van der Waals surface area contributed by atoms with Crippen molar-refractivity contribution in [3.63, 3.8) is 0 Å². The zero-order valence-corrected chi connectivity index (χ0v) is 17.4. The summed E-state index contributed by atoms with van der Waals surface area (Å²) in [5.74, 6) is 0.655. The largest absolute Gasteiger partial charge is 0.399 e. The fraction of sp³-hybridized carbons (Fsp3) is 0. The van der Waals surface area contributed by atoms with Gasteiger partial charge in [0.25, 0.3) is 0 Å². The maximum Gasteiger partial charge on any atom is 0.160 e. The second-order valence-electron chi connectivity index (χ2n) is 7.60. The van der Waals surface area contributed by atoms with Gasteiger partial charge in [-0.2, -0.15) is 0 Å². The number of nitrogens with zero attached hydrogens (tertiary/aromatic N) is 2. The third-order valence-corrected chi connectivity index (χ3v) is 5.37. The number of nitrogens with two attached hydrogens (primary N) is 2. The molecule has 0 aliphatic carbocycles. The highest BCUT2D eigenvalue weighted by molar-refractivity contribution is 5.92. The van der Waals surface area contributed by atoms with Crippen molar-refractivity contribution in [2.75, 3.05) is 11.5 Å². The molecule has 5 rings (SSSR count). The molecule has 154 valence electrons. The van der Waals surface area contributed by atoms with Crippen LogP contribution in [0.3, 0.4) is 0 Å². The van der Waals surface area contributed by atoms with Crippen molar-refractivity contribution >= 4 is 11.4 Å². The molecule has 0 aliphatic heterocycles. The number of hydrogen-bond donors (Lipinski definition) is 2. The van der Waals surface area contributed by atoms with E-state index < -0.39 is 0 Å². The van der Waals surface area contributed by atoms with Gasteiger partial charge in [0.2, 0.25) is 0 Å². The fourth-order valence-corrected chi connectivity index (χ4v) is 3.76. The van der Waals surface area contributed by atoms with E-state index in [1.165, 1.54) is 0 Å². The van der Waals surface area contributed by atoms with E-state index in [0.717, 1.165) is 44.9 Å². The van der Waals surface area contributed by atoms with Crippen LogP contribution < -0.4 is 11.5 Å². The number of nitrogen functional groups attached to an aromatic ring is 2. The van der Waals surface area contributed by atoms with Crippen molar-refractivity contribution in [1.29, 1.82) is 0 Å². The molecule has 0 fully saturated rings. The summed E-state index contributed by atoms with van der Waals surface area (Å²) in [6, 6.07) is 35.9. The molecule has 0 saturated carbocycles. The molecule has 4 aromatic carbocycles. The zero-order chi connectivity index (χ0) is 21.9. The minimum atomic E-state index is 0.655. The van der Waals surface area contributed by atoms with E-state index in [2.05, 4.69) is 24.3 Å². The zero-order valence-electron chi connectivity index (χ0n) is 17.4. The Balaban J connectivity index is 1.86. The minimum Gasteiger partial charge on any atom is -0.399 e. The van der Waals surface area contributed by atoms with Crippen molar-refractivity contribution < 1.29 is 0 Å². The van der Waals surface area contributed by atoms with Gasteiger partial charge in [-0.15, -0.1) is 0 Å². The molecule has 4 N–H and O–H groups in total. The summed E-state index contributed by atoms with van der Waals surface area (Å²) in [7, 11) is 0. The Morgan fingerprint density at radius 2 is 0.812 bits per heavy atom. The maximum atomic E-state index is 5.97. The molecule has 0 saturated heterocycles. The molecule has 32 heavy (non-hydrogen) atoms. The first-order chi connectivity index (χ1) is 15.7. The topological polar surface area (TPSA) is 77.8 Å². The van der Waals surface area contributed by atoms with E-state index in [1.54, 1.807) is 0 Å². The Morgan fingerprint density at radius 1 is 0.406 bits per heavy atom. The van der Waals surface area contributed by atoms with Crippen LogP contribution in [0.25, 0.3) is 45.0 Å². The average Bonchev–Trinajstić information content (AvgIpc) is 2.85. The number of aromatic nitrogens is 2. The van der Waals surface area contributed by atoms with E-state index in [4.69, 9.17) is 21.4 Å². The Morgan fingerprint density at radius 3 is 1.25 bits per heavy atom. The van der Waals surface area contributed by atoms with Crippen LogP contribution in [0.2, 0.25) is 0 Å². The normalized spacial score (nSPS) is 10.8. The van der Waals surface area contributed by atoms with Gasteiger partial charge in [0.15, 0.2) is 5.82 Å². The molecule has 0 spiro atoms. The molecule has 0 atom stereocenters. The number of rotatable bonds is 4. The first-order valence-corrected chi connectivity index (χ1v) is 10.4. The highest BCUT2D eigenvalue weighted by Gasteiger charge is 2.19. The van der Waals surface area contributed by atoms with Crippen molar-refractivity contribution in [3.05, 3.63) is 109 Å². The van der Waals surface area contributed by atoms with Gasteiger partial charge in [-0.05, 0) is 42.0 Å². The highest BCUT2D eigenvalue weighted by atomic mass is 14.9. The van der Waals surface area contributed by atoms with Crippen LogP contribution in [0.5, 0.6) is 0 Å². The van der Waals surface area contributed by atoms with Crippen LogP contribution in [0.15, 0.2) is 109 Å². The second-order valence-corrected chi connectivity index (χ2v) is 7.60. The SMILES string of the molecule is Nc1ccc(-c2nc(-c3ccccc3)c(-c3ccc(N)cc3)c(-c3ccccc3)n2)cc1. The van der Waals surface area contributed by atoms with Gasteiger partial charge in [-0.25, -0.2) is 9.97 Å². The van der Waals surface area contributed by atoms with Crippen molar-refractivity contribution in [2.45, 2.75) is 0 Å². The minimum absolute atomic E-state index is 0.655. The summed E-state index contributed by atoms with van der Waals surface area (Å²) in [5.41, 5.74) is 20.0. The maximum absolute atomic E-state index is 5.97. The number of hydrogen-bond acceptors (Lipinski definition) is 4. The summed E-state index contributed by atoms with van der Waals surface area (Å²) in [5, 5.41) is 0. The van der Waals surface area contributed by atoms with Gasteiger partial charge in [-0.1, -0.05) is 72.8 Å². The molecule has 0 radical (unpaired) electrons. The predicted molar refractivity (Wildman–Crippen MR) is 133 cm³/mol. The van der Waals surface area contributed by atoms with Crippen LogP contribution in [0.1, 0.15) is 0 Å². The third kappa shape index (κ3) is 3.82. The smallest absolute Gasteiger partial charge is 0.160 e. The molecule has 0 unspecified atom stereocenters. The molecule has 0 bridgehead atoms. The second kappa shape index (κ2) is 8.36. The summed E-state index contributed by atoms with van der Waals surface area (Å²) in [6.07, 6.45) is 0.